The second kappa shape index (κ2) is 5.17. The van der Waals surface area contributed by atoms with Gasteiger partial charge in [-0.2, -0.15) is 5.10 Å². The quantitative estimate of drug-likeness (QED) is 0.940. The number of hydrogen-bond donors (Lipinski definition) is 1. The molecule has 0 bridgehead atoms. The van der Waals surface area contributed by atoms with Crippen LogP contribution < -0.4 is 5.32 Å². The van der Waals surface area contributed by atoms with Crippen LogP contribution in [0, 0.1) is 5.92 Å². The lowest BCUT2D eigenvalue weighted by molar-refractivity contribution is 0.545. The second-order valence-corrected chi connectivity index (χ2v) is 6.52. The summed E-state index contributed by atoms with van der Waals surface area (Å²) in [7, 11) is 1.97. The van der Waals surface area contributed by atoms with Crippen molar-refractivity contribution in [3.63, 3.8) is 0 Å². The first-order valence-electron chi connectivity index (χ1n) is 8.01. The van der Waals surface area contributed by atoms with Crippen molar-refractivity contribution >= 4 is 5.82 Å². The van der Waals surface area contributed by atoms with Crippen LogP contribution in [0.3, 0.4) is 0 Å². The number of hydrogen-bond acceptors (Lipinski definition) is 3. The van der Waals surface area contributed by atoms with E-state index in [2.05, 4.69) is 33.9 Å². The van der Waals surface area contributed by atoms with Gasteiger partial charge in [0.25, 0.3) is 0 Å². The van der Waals surface area contributed by atoms with Crippen molar-refractivity contribution in [2.75, 3.05) is 11.9 Å². The van der Waals surface area contributed by atoms with Gasteiger partial charge in [-0.3, -0.25) is 4.68 Å². The van der Waals surface area contributed by atoms with Crippen LogP contribution >= 0.6 is 0 Å². The Bertz CT molecular complexity index is 640. The number of pyridine rings is 1. The van der Waals surface area contributed by atoms with E-state index in [1.165, 1.54) is 48.8 Å². The predicted octanol–water partition coefficient (Wildman–Crippen LogP) is 3.11. The molecule has 1 saturated carbocycles. The Morgan fingerprint density at radius 1 is 1.29 bits per heavy atom. The van der Waals surface area contributed by atoms with Gasteiger partial charge >= 0.3 is 0 Å². The Kier molecular flexibility index (Phi) is 3.17. The molecule has 1 aliphatic heterocycles. The third-order valence-corrected chi connectivity index (χ3v) is 4.95. The maximum atomic E-state index is 4.65. The molecular formula is C17H22N4. The molecule has 4 rings (SSSR count). The maximum Gasteiger partial charge on any atom is 0.129 e. The van der Waals surface area contributed by atoms with Crippen molar-refractivity contribution in [2.24, 2.45) is 13.0 Å². The number of anilines is 1. The first-order chi connectivity index (χ1) is 10.3. The molecule has 2 aromatic rings. The van der Waals surface area contributed by atoms with Crippen LogP contribution in [0.4, 0.5) is 5.82 Å². The first kappa shape index (κ1) is 12.9. The lowest BCUT2D eigenvalue weighted by Crippen LogP contribution is -2.03. The molecular weight excluding hydrogens is 260 g/mol. The van der Waals surface area contributed by atoms with Gasteiger partial charge in [-0.1, -0.05) is 25.7 Å². The topological polar surface area (TPSA) is 42.7 Å². The van der Waals surface area contributed by atoms with E-state index >= 15 is 0 Å². The zero-order valence-electron chi connectivity index (χ0n) is 12.5. The number of aryl methyl sites for hydroxylation is 1. The molecule has 1 unspecified atom stereocenters. The summed E-state index contributed by atoms with van der Waals surface area (Å²) in [5.41, 5.74) is 4.03. The lowest BCUT2D eigenvalue weighted by Gasteiger charge is -2.12. The molecule has 4 heteroatoms. The van der Waals surface area contributed by atoms with Crippen molar-refractivity contribution in [3.05, 3.63) is 41.3 Å². The van der Waals surface area contributed by atoms with E-state index in [-0.39, 0.29) is 0 Å². The van der Waals surface area contributed by atoms with Crippen LogP contribution in [0.5, 0.6) is 0 Å². The van der Waals surface area contributed by atoms with E-state index < -0.39 is 0 Å². The molecule has 0 saturated heterocycles. The normalized spacial score (nSPS) is 21.5. The first-order valence-corrected chi connectivity index (χ1v) is 8.01. The Hall–Kier alpha value is -1.84. The molecule has 1 fully saturated rings. The molecule has 3 heterocycles. The number of aromatic nitrogens is 3. The molecule has 0 radical (unpaired) electrons. The largest absolute Gasteiger partial charge is 0.369 e. The number of fused-ring (bicyclic) bond motifs is 1. The Balaban J connectivity index is 1.60. The lowest BCUT2D eigenvalue weighted by atomic mass is 9.93. The molecule has 1 N–H and O–H groups in total. The average molecular weight is 282 g/mol. The molecule has 4 nitrogen and oxygen atoms in total. The van der Waals surface area contributed by atoms with E-state index in [0.29, 0.717) is 5.92 Å². The fourth-order valence-electron chi connectivity index (χ4n) is 3.83. The number of nitrogens with one attached hydrogen (secondary N) is 1. The SMILES string of the molecule is Cn1cc(C2CNc3ncc(CC4CCCC4)cc32)cn1. The molecule has 0 aromatic carbocycles. The predicted molar refractivity (Wildman–Crippen MR) is 83.4 cm³/mol. The summed E-state index contributed by atoms with van der Waals surface area (Å²) in [5.74, 6) is 2.32. The van der Waals surface area contributed by atoms with Crippen LogP contribution in [0.1, 0.15) is 48.3 Å². The van der Waals surface area contributed by atoms with Gasteiger partial charge in [-0.25, -0.2) is 4.98 Å². The smallest absolute Gasteiger partial charge is 0.129 e. The Labute approximate surface area is 125 Å². The van der Waals surface area contributed by atoms with Crippen molar-refractivity contribution in [1.29, 1.82) is 0 Å². The van der Waals surface area contributed by atoms with Crippen LogP contribution in [-0.4, -0.2) is 21.3 Å². The van der Waals surface area contributed by atoms with Crippen LogP contribution in [0.2, 0.25) is 0 Å². The minimum atomic E-state index is 0.393. The summed E-state index contributed by atoms with van der Waals surface area (Å²) in [6, 6.07) is 2.37. The summed E-state index contributed by atoms with van der Waals surface area (Å²) in [6.45, 7) is 0.931. The molecule has 1 atom stereocenters. The standard InChI is InChI=1S/C17H22N4/c1-21-11-14(9-20-21)16-10-19-17-15(16)7-13(8-18-17)6-12-4-2-3-5-12/h7-9,11-12,16H,2-6,10H2,1H3,(H,18,19). The molecule has 110 valence electrons. The highest BCUT2D eigenvalue weighted by atomic mass is 15.2. The zero-order chi connectivity index (χ0) is 14.2. The number of nitrogens with zero attached hydrogens (tertiary/aromatic N) is 3. The average Bonchev–Trinajstić information content (AvgIpc) is 3.19. The van der Waals surface area contributed by atoms with Gasteiger partial charge in [0.1, 0.15) is 5.82 Å². The highest BCUT2D eigenvalue weighted by Crippen LogP contribution is 2.36. The van der Waals surface area contributed by atoms with Gasteiger partial charge < -0.3 is 5.32 Å². The van der Waals surface area contributed by atoms with E-state index in [9.17, 15) is 0 Å². The van der Waals surface area contributed by atoms with E-state index in [0.717, 1.165) is 18.3 Å². The van der Waals surface area contributed by atoms with Crippen molar-refractivity contribution < 1.29 is 0 Å². The molecule has 21 heavy (non-hydrogen) atoms. The van der Waals surface area contributed by atoms with Crippen molar-refractivity contribution in [3.8, 4) is 0 Å². The Morgan fingerprint density at radius 2 is 2.14 bits per heavy atom. The van der Waals surface area contributed by atoms with Crippen LogP contribution in [-0.2, 0) is 13.5 Å². The van der Waals surface area contributed by atoms with E-state index in [1.54, 1.807) is 0 Å². The van der Waals surface area contributed by atoms with Gasteiger partial charge in [0.2, 0.25) is 0 Å². The summed E-state index contributed by atoms with van der Waals surface area (Å²) in [6.07, 6.45) is 12.9. The molecule has 2 aromatic heterocycles. The molecule has 0 amide bonds. The van der Waals surface area contributed by atoms with E-state index in [1.807, 2.05) is 17.9 Å². The highest BCUT2D eigenvalue weighted by Gasteiger charge is 2.26. The molecule has 0 spiro atoms. The van der Waals surface area contributed by atoms with Gasteiger partial charge in [-0.05, 0) is 29.5 Å². The molecule has 2 aliphatic rings. The van der Waals surface area contributed by atoms with Crippen molar-refractivity contribution in [1.82, 2.24) is 14.8 Å². The fraction of sp³-hybridized carbons (Fsp3) is 0.529. The van der Waals surface area contributed by atoms with E-state index in [4.69, 9.17) is 0 Å². The Morgan fingerprint density at radius 3 is 2.90 bits per heavy atom. The summed E-state index contributed by atoms with van der Waals surface area (Å²) < 4.78 is 1.88. The highest BCUT2D eigenvalue weighted by molar-refractivity contribution is 5.56. The van der Waals surface area contributed by atoms with Gasteiger partial charge in [0, 0.05) is 37.5 Å². The minimum absolute atomic E-state index is 0.393. The maximum absolute atomic E-state index is 4.65. The van der Waals surface area contributed by atoms with Gasteiger partial charge in [-0.15, -0.1) is 0 Å². The molecule has 1 aliphatic carbocycles. The number of rotatable bonds is 3. The van der Waals surface area contributed by atoms with Crippen LogP contribution in [0.25, 0.3) is 0 Å². The monoisotopic (exact) mass is 282 g/mol. The second-order valence-electron chi connectivity index (χ2n) is 6.52. The fourth-order valence-corrected chi connectivity index (χ4v) is 3.83. The summed E-state index contributed by atoms with van der Waals surface area (Å²) in [4.78, 5) is 4.65. The van der Waals surface area contributed by atoms with Crippen LogP contribution in [0.15, 0.2) is 24.7 Å². The van der Waals surface area contributed by atoms with Crippen molar-refractivity contribution in [2.45, 2.75) is 38.0 Å². The zero-order valence-corrected chi connectivity index (χ0v) is 12.5. The minimum Gasteiger partial charge on any atom is -0.369 e. The van der Waals surface area contributed by atoms with Gasteiger partial charge in [0.05, 0.1) is 6.20 Å². The summed E-state index contributed by atoms with van der Waals surface area (Å²) in [5, 5.41) is 7.74. The third-order valence-electron chi connectivity index (χ3n) is 4.95. The summed E-state index contributed by atoms with van der Waals surface area (Å²) >= 11 is 0. The third kappa shape index (κ3) is 2.43. The van der Waals surface area contributed by atoms with Gasteiger partial charge in [0.15, 0.2) is 0 Å².